The van der Waals surface area contributed by atoms with Crippen molar-refractivity contribution in [3.63, 3.8) is 0 Å². The number of hydrogen-bond acceptors (Lipinski definition) is 5. The van der Waals surface area contributed by atoms with Crippen LogP contribution in [0.25, 0.3) is 5.65 Å². The Balaban J connectivity index is 1.50. The predicted molar refractivity (Wildman–Crippen MR) is 97.9 cm³/mol. The van der Waals surface area contributed by atoms with Crippen LogP contribution in [0.1, 0.15) is 35.8 Å². The Morgan fingerprint density at radius 3 is 3.04 bits per heavy atom. The summed E-state index contributed by atoms with van der Waals surface area (Å²) < 4.78 is 8.22. The molecule has 0 aliphatic carbocycles. The van der Waals surface area contributed by atoms with Gasteiger partial charge in [0.1, 0.15) is 17.2 Å². The van der Waals surface area contributed by atoms with Gasteiger partial charge in [-0.05, 0) is 18.6 Å². The lowest BCUT2D eigenvalue weighted by molar-refractivity contribution is 0.0538. The van der Waals surface area contributed by atoms with Gasteiger partial charge in [-0.1, -0.05) is 19.1 Å². The third-order valence-corrected chi connectivity index (χ3v) is 5.39. The van der Waals surface area contributed by atoms with Gasteiger partial charge in [0.25, 0.3) is 0 Å². The molecule has 2 aliphatic heterocycles. The van der Waals surface area contributed by atoms with Gasteiger partial charge in [-0.3, -0.25) is 4.79 Å². The Bertz CT molecular complexity index is 1010. The van der Waals surface area contributed by atoms with Gasteiger partial charge < -0.3 is 9.64 Å². The number of carbonyl (C=O) groups is 1. The van der Waals surface area contributed by atoms with Crippen molar-refractivity contribution in [1.82, 2.24) is 14.6 Å². The Hall–Kier alpha value is -2.89. The van der Waals surface area contributed by atoms with Gasteiger partial charge in [-0.2, -0.15) is 9.61 Å². The van der Waals surface area contributed by atoms with Gasteiger partial charge in [0.05, 0.1) is 24.7 Å². The molecule has 1 saturated heterocycles. The second-order valence-electron chi connectivity index (χ2n) is 7.11. The van der Waals surface area contributed by atoms with Crippen molar-refractivity contribution in [2.45, 2.75) is 31.8 Å². The maximum atomic E-state index is 12.6. The number of hydrogen-bond donors (Lipinski definition) is 0. The molecule has 1 spiro atoms. The van der Waals surface area contributed by atoms with Crippen LogP contribution < -0.4 is 9.64 Å². The third kappa shape index (κ3) is 2.29. The highest BCUT2D eigenvalue weighted by atomic mass is 16.5. The van der Waals surface area contributed by atoms with Crippen LogP contribution in [0.2, 0.25) is 0 Å². The predicted octanol–water partition coefficient (Wildman–Crippen LogP) is 2.91. The van der Waals surface area contributed by atoms with E-state index >= 15 is 0 Å². The summed E-state index contributed by atoms with van der Waals surface area (Å²) in [4.78, 5) is 19.5. The zero-order valence-electron chi connectivity index (χ0n) is 14.7. The number of ketones is 1. The molecule has 1 unspecified atom stereocenters. The van der Waals surface area contributed by atoms with Gasteiger partial charge >= 0.3 is 0 Å². The van der Waals surface area contributed by atoms with Crippen LogP contribution in [0, 0.1) is 0 Å². The summed E-state index contributed by atoms with van der Waals surface area (Å²) in [5.74, 6) is 1.89. The van der Waals surface area contributed by atoms with E-state index in [1.807, 2.05) is 34.8 Å². The van der Waals surface area contributed by atoms with Crippen molar-refractivity contribution < 1.29 is 9.53 Å². The lowest BCUT2D eigenvalue weighted by atomic mass is 9.89. The largest absolute Gasteiger partial charge is 0.484 e. The molecule has 0 radical (unpaired) electrons. The highest BCUT2D eigenvalue weighted by Gasteiger charge is 2.46. The van der Waals surface area contributed by atoms with E-state index in [1.54, 1.807) is 6.20 Å². The number of aromatic nitrogens is 3. The standard InChI is InChI=1S/C20H20N4O2/c1-2-14-11-19(24-18(22-14)7-9-21-24)23-10-8-20(13-23)12-16(25)15-5-3-4-6-17(15)26-20/h3-7,9,11H,2,8,10,12-13H2,1H3. The van der Waals surface area contributed by atoms with E-state index in [9.17, 15) is 4.79 Å². The van der Waals surface area contributed by atoms with Crippen molar-refractivity contribution >= 4 is 17.2 Å². The number of Topliss-reactive ketones (excluding diaryl/α,β-unsaturated/α-hetero) is 1. The summed E-state index contributed by atoms with van der Waals surface area (Å²) in [5.41, 5.74) is 2.13. The fourth-order valence-electron chi connectivity index (χ4n) is 4.06. The molecular weight excluding hydrogens is 328 g/mol. The number of para-hydroxylation sites is 1. The Kier molecular flexibility index (Phi) is 3.29. The first kappa shape index (κ1) is 15.4. The quantitative estimate of drug-likeness (QED) is 0.713. The van der Waals surface area contributed by atoms with Gasteiger partial charge in [-0.25, -0.2) is 4.98 Å². The molecule has 0 N–H and O–H groups in total. The highest BCUT2D eigenvalue weighted by Crippen LogP contribution is 2.39. The number of fused-ring (bicyclic) bond motifs is 2. The lowest BCUT2D eigenvalue weighted by Gasteiger charge is -2.34. The molecule has 0 bridgehead atoms. The second kappa shape index (κ2) is 5.56. The van der Waals surface area contributed by atoms with E-state index in [0.29, 0.717) is 24.3 Å². The molecule has 6 nitrogen and oxygen atoms in total. The SMILES string of the molecule is CCc1cc(N2CCC3(CC(=O)c4ccccc4O3)C2)n2nccc2n1. The Morgan fingerprint density at radius 2 is 2.15 bits per heavy atom. The monoisotopic (exact) mass is 348 g/mol. The normalized spacial score (nSPS) is 22.0. The number of carbonyl (C=O) groups excluding carboxylic acids is 1. The molecule has 6 heteroatoms. The smallest absolute Gasteiger partial charge is 0.170 e. The number of aryl methyl sites for hydroxylation is 1. The Morgan fingerprint density at radius 1 is 1.27 bits per heavy atom. The van der Waals surface area contributed by atoms with E-state index < -0.39 is 5.60 Å². The van der Waals surface area contributed by atoms with Crippen molar-refractivity contribution in [2.24, 2.45) is 0 Å². The van der Waals surface area contributed by atoms with Crippen molar-refractivity contribution in [3.8, 4) is 5.75 Å². The van der Waals surface area contributed by atoms with Crippen molar-refractivity contribution in [1.29, 1.82) is 0 Å². The van der Waals surface area contributed by atoms with Crippen molar-refractivity contribution in [3.05, 3.63) is 53.9 Å². The zero-order chi connectivity index (χ0) is 17.7. The first-order valence-corrected chi connectivity index (χ1v) is 9.07. The van der Waals surface area contributed by atoms with Crippen LogP contribution in [0.4, 0.5) is 5.82 Å². The van der Waals surface area contributed by atoms with Crippen molar-refractivity contribution in [2.75, 3.05) is 18.0 Å². The number of ether oxygens (including phenoxy) is 1. The highest BCUT2D eigenvalue weighted by molar-refractivity contribution is 6.00. The molecule has 1 fully saturated rings. The van der Waals surface area contributed by atoms with Gasteiger partial charge in [-0.15, -0.1) is 0 Å². The summed E-state index contributed by atoms with van der Waals surface area (Å²) in [6.45, 7) is 3.61. The molecule has 132 valence electrons. The number of anilines is 1. The molecular formula is C20H20N4O2. The molecule has 0 amide bonds. The van der Waals surface area contributed by atoms with Crippen LogP contribution in [-0.2, 0) is 6.42 Å². The van der Waals surface area contributed by atoms with E-state index in [4.69, 9.17) is 4.74 Å². The number of benzene rings is 1. The minimum atomic E-state index is -0.458. The molecule has 4 heterocycles. The van der Waals surface area contributed by atoms with E-state index in [1.165, 1.54) is 0 Å². The fourth-order valence-corrected chi connectivity index (χ4v) is 4.06. The average molecular weight is 348 g/mol. The summed E-state index contributed by atoms with van der Waals surface area (Å²) >= 11 is 0. The Labute approximate surface area is 151 Å². The van der Waals surface area contributed by atoms with Gasteiger partial charge in [0.2, 0.25) is 0 Å². The summed E-state index contributed by atoms with van der Waals surface area (Å²) in [5, 5.41) is 4.43. The first-order chi connectivity index (χ1) is 12.7. The first-order valence-electron chi connectivity index (χ1n) is 9.07. The molecule has 2 aliphatic rings. The van der Waals surface area contributed by atoms with E-state index in [2.05, 4.69) is 28.0 Å². The maximum absolute atomic E-state index is 12.6. The van der Waals surface area contributed by atoms with E-state index in [-0.39, 0.29) is 5.78 Å². The van der Waals surface area contributed by atoms with Crippen LogP contribution in [0.3, 0.4) is 0 Å². The summed E-state index contributed by atoms with van der Waals surface area (Å²) in [6.07, 6.45) is 3.89. The topological polar surface area (TPSA) is 59.7 Å². The maximum Gasteiger partial charge on any atom is 0.170 e. The minimum absolute atomic E-state index is 0.168. The molecule has 0 saturated carbocycles. The zero-order valence-corrected chi connectivity index (χ0v) is 14.7. The average Bonchev–Trinajstić information content (AvgIpc) is 3.28. The summed E-state index contributed by atoms with van der Waals surface area (Å²) in [7, 11) is 0. The van der Waals surface area contributed by atoms with Gasteiger partial charge in [0, 0.05) is 30.8 Å². The van der Waals surface area contributed by atoms with Crippen LogP contribution in [0.15, 0.2) is 42.6 Å². The van der Waals surface area contributed by atoms with Crippen LogP contribution in [-0.4, -0.2) is 39.1 Å². The molecule has 26 heavy (non-hydrogen) atoms. The number of nitrogens with zero attached hydrogens (tertiary/aromatic N) is 4. The molecule has 5 rings (SSSR count). The minimum Gasteiger partial charge on any atom is -0.484 e. The fraction of sp³-hybridized carbons (Fsp3) is 0.350. The molecule has 1 atom stereocenters. The van der Waals surface area contributed by atoms with E-state index in [0.717, 1.165) is 36.5 Å². The molecule has 2 aromatic heterocycles. The molecule has 3 aromatic rings. The number of rotatable bonds is 2. The lowest BCUT2D eigenvalue weighted by Crippen LogP contribution is -2.44. The van der Waals surface area contributed by atoms with Crippen LogP contribution in [0.5, 0.6) is 5.75 Å². The second-order valence-corrected chi connectivity index (χ2v) is 7.11. The molecule has 1 aromatic carbocycles. The van der Waals surface area contributed by atoms with Crippen LogP contribution >= 0.6 is 0 Å². The third-order valence-electron chi connectivity index (χ3n) is 5.39. The summed E-state index contributed by atoms with van der Waals surface area (Å²) in [6, 6.07) is 11.6. The van der Waals surface area contributed by atoms with Gasteiger partial charge in [0.15, 0.2) is 11.4 Å².